The Kier molecular flexibility index (Phi) is 4.93. The van der Waals surface area contributed by atoms with Crippen molar-refractivity contribution >= 4 is 0 Å². The zero-order chi connectivity index (χ0) is 14.5. The number of nitrogens with one attached hydrogen (secondary N) is 1. The Morgan fingerprint density at radius 1 is 1.20 bits per heavy atom. The maximum Gasteiger partial charge on any atom is 0.0645 e. The molecule has 1 aromatic heterocycles. The Bertz CT molecular complexity index is 524. The number of hydrogen-bond donors (Lipinski definition) is 2. The van der Waals surface area contributed by atoms with Crippen LogP contribution >= 0.6 is 0 Å². The van der Waals surface area contributed by atoms with Gasteiger partial charge in [0.25, 0.3) is 0 Å². The topological polar surface area (TPSA) is 50.1 Å². The van der Waals surface area contributed by atoms with Crippen molar-refractivity contribution in [1.29, 1.82) is 0 Å². The number of benzene rings is 1. The molecule has 2 N–H and O–H groups in total. The van der Waals surface area contributed by atoms with E-state index in [1.807, 2.05) is 54.3 Å². The Hall–Kier alpha value is -1.65. The lowest BCUT2D eigenvalue weighted by molar-refractivity contribution is 0.202. The molecule has 0 saturated carbocycles. The first-order valence-corrected chi connectivity index (χ1v) is 7.08. The van der Waals surface area contributed by atoms with E-state index in [1.165, 1.54) is 0 Å². The van der Waals surface area contributed by atoms with Crippen molar-refractivity contribution in [2.24, 2.45) is 5.92 Å². The molecule has 4 heteroatoms. The third kappa shape index (κ3) is 3.46. The van der Waals surface area contributed by atoms with Crippen LogP contribution in [0.25, 0.3) is 5.69 Å². The fraction of sp³-hybridized carbons (Fsp3) is 0.438. The smallest absolute Gasteiger partial charge is 0.0645 e. The van der Waals surface area contributed by atoms with Gasteiger partial charge in [-0.15, -0.1) is 0 Å². The molecule has 108 valence electrons. The molecule has 1 heterocycles. The minimum atomic E-state index is 0.199. The quantitative estimate of drug-likeness (QED) is 0.850. The highest BCUT2D eigenvalue weighted by Gasteiger charge is 2.16. The number of nitrogens with zero attached hydrogens (tertiary/aromatic N) is 2. The predicted molar refractivity (Wildman–Crippen MR) is 80.8 cm³/mol. The van der Waals surface area contributed by atoms with E-state index in [4.69, 9.17) is 0 Å². The molecule has 20 heavy (non-hydrogen) atoms. The number of aliphatic hydroxyl groups is 1. The molecule has 1 aromatic carbocycles. The van der Waals surface area contributed by atoms with E-state index in [0.29, 0.717) is 0 Å². The van der Waals surface area contributed by atoms with E-state index in [-0.39, 0.29) is 24.6 Å². The van der Waals surface area contributed by atoms with Crippen LogP contribution in [-0.4, -0.2) is 27.5 Å². The van der Waals surface area contributed by atoms with Crippen LogP contribution in [0.2, 0.25) is 0 Å². The van der Waals surface area contributed by atoms with E-state index in [9.17, 15) is 5.11 Å². The lowest BCUT2D eigenvalue weighted by Crippen LogP contribution is -2.35. The van der Waals surface area contributed by atoms with Gasteiger partial charge in [0.05, 0.1) is 11.9 Å². The van der Waals surface area contributed by atoms with Gasteiger partial charge >= 0.3 is 0 Å². The molecular weight excluding hydrogens is 250 g/mol. The molecule has 0 saturated heterocycles. The summed E-state index contributed by atoms with van der Waals surface area (Å²) < 4.78 is 1.88. The highest BCUT2D eigenvalue weighted by Crippen LogP contribution is 2.16. The van der Waals surface area contributed by atoms with Crippen molar-refractivity contribution in [2.45, 2.75) is 32.9 Å². The number of para-hydroxylation sites is 1. The lowest BCUT2D eigenvalue weighted by Gasteiger charge is -2.23. The second-order valence-electron chi connectivity index (χ2n) is 5.39. The maximum absolute atomic E-state index is 9.18. The third-order valence-electron chi connectivity index (χ3n) is 3.78. The maximum atomic E-state index is 9.18. The minimum absolute atomic E-state index is 0.199. The van der Waals surface area contributed by atoms with Crippen LogP contribution < -0.4 is 5.32 Å². The fourth-order valence-corrected chi connectivity index (χ4v) is 2.10. The molecule has 4 nitrogen and oxygen atoms in total. The summed E-state index contributed by atoms with van der Waals surface area (Å²) in [6, 6.07) is 10.5. The van der Waals surface area contributed by atoms with Crippen molar-refractivity contribution in [3.8, 4) is 5.69 Å². The van der Waals surface area contributed by atoms with Crippen molar-refractivity contribution in [3.05, 3.63) is 48.3 Å². The Morgan fingerprint density at radius 2 is 1.90 bits per heavy atom. The van der Waals surface area contributed by atoms with Crippen LogP contribution in [0.3, 0.4) is 0 Å². The van der Waals surface area contributed by atoms with Gasteiger partial charge in [-0.25, -0.2) is 4.68 Å². The fourth-order valence-electron chi connectivity index (χ4n) is 2.10. The van der Waals surface area contributed by atoms with Crippen LogP contribution in [0.5, 0.6) is 0 Å². The summed E-state index contributed by atoms with van der Waals surface area (Å²) in [4.78, 5) is 0. The summed E-state index contributed by atoms with van der Waals surface area (Å²) >= 11 is 0. The summed E-state index contributed by atoms with van der Waals surface area (Å²) in [5.41, 5.74) is 2.20. The second kappa shape index (κ2) is 6.68. The molecule has 0 aliphatic rings. The molecule has 0 bridgehead atoms. The van der Waals surface area contributed by atoms with Gasteiger partial charge in [0.1, 0.15) is 0 Å². The zero-order valence-electron chi connectivity index (χ0n) is 12.3. The van der Waals surface area contributed by atoms with Crippen LogP contribution in [0.15, 0.2) is 42.7 Å². The van der Waals surface area contributed by atoms with Crippen molar-refractivity contribution < 1.29 is 5.11 Å². The molecule has 3 atom stereocenters. The normalized spacial score (nSPS) is 15.8. The minimum Gasteiger partial charge on any atom is -0.396 e. The van der Waals surface area contributed by atoms with Gasteiger partial charge < -0.3 is 10.4 Å². The molecule has 0 aliphatic heterocycles. The van der Waals surface area contributed by atoms with Gasteiger partial charge in [0.2, 0.25) is 0 Å². The first kappa shape index (κ1) is 14.8. The van der Waals surface area contributed by atoms with Crippen LogP contribution in [-0.2, 0) is 0 Å². The van der Waals surface area contributed by atoms with Gasteiger partial charge in [0, 0.05) is 30.5 Å². The molecule has 3 unspecified atom stereocenters. The molecule has 2 aromatic rings. The predicted octanol–water partition coefficient (Wildman–Crippen LogP) is 2.54. The summed E-state index contributed by atoms with van der Waals surface area (Å²) in [6.45, 7) is 6.45. The standard InChI is InChI=1S/C16H23N3O/c1-12(11-20)13(2)18-14(3)15-9-17-19(10-15)16-7-5-4-6-8-16/h4-10,12-14,18,20H,11H2,1-3H3. The number of aliphatic hydroxyl groups excluding tert-OH is 1. The number of rotatable bonds is 6. The lowest BCUT2D eigenvalue weighted by atomic mass is 10.0. The van der Waals surface area contributed by atoms with Gasteiger partial charge in [-0.1, -0.05) is 25.1 Å². The first-order chi connectivity index (χ1) is 9.61. The second-order valence-corrected chi connectivity index (χ2v) is 5.39. The van der Waals surface area contributed by atoms with Gasteiger partial charge in [-0.05, 0) is 31.9 Å². The SMILES string of the molecule is CC(NC(C)C(C)CO)c1cnn(-c2ccccc2)c1. The molecule has 0 spiro atoms. The summed E-state index contributed by atoms with van der Waals surface area (Å²) in [5.74, 6) is 0.238. The van der Waals surface area contributed by atoms with E-state index in [0.717, 1.165) is 11.3 Å². The zero-order valence-corrected chi connectivity index (χ0v) is 12.3. The Morgan fingerprint density at radius 3 is 2.55 bits per heavy atom. The van der Waals surface area contributed by atoms with E-state index < -0.39 is 0 Å². The van der Waals surface area contributed by atoms with E-state index in [2.05, 4.69) is 24.3 Å². The average Bonchev–Trinajstić information content (AvgIpc) is 2.97. The summed E-state index contributed by atoms with van der Waals surface area (Å²) in [5, 5.41) is 17.1. The van der Waals surface area contributed by atoms with Gasteiger partial charge in [0.15, 0.2) is 0 Å². The Labute approximate surface area is 120 Å². The molecule has 0 aliphatic carbocycles. The Balaban J connectivity index is 2.05. The van der Waals surface area contributed by atoms with Crippen LogP contribution in [0, 0.1) is 5.92 Å². The van der Waals surface area contributed by atoms with Crippen molar-refractivity contribution in [1.82, 2.24) is 15.1 Å². The number of aromatic nitrogens is 2. The van der Waals surface area contributed by atoms with Crippen molar-refractivity contribution in [3.63, 3.8) is 0 Å². The molecular formula is C16H23N3O. The molecule has 2 rings (SSSR count). The largest absolute Gasteiger partial charge is 0.396 e. The highest BCUT2D eigenvalue weighted by molar-refractivity contribution is 5.31. The summed E-state index contributed by atoms with van der Waals surface area (Å²) in [7, 11) is 0. The van der Waals surface area contributed by atoms with Gasteiger partial charge in [-0.3, -0.25) is 0 Å². The van der Waals surface area contributed by atoms with Crippen LogP contribution in [0.1, 0.15) is 32.4 Å². The van der Waals surface area contributed by atoms with Crippen molar-refractivity contribution in [2.75, 3.05) is 6.61 Å². The third-order valence-corrected chi connectivity index (χ3v) is 3.78. The molecule has 0 amide bonds. The highest BCUT2D eigenvalue weighted by atomic mass is 16.3. The van der Waals surface area contributed by atoms with Gasteiger partial charge in [-0.2, -0.15) is 5.10 Å². The molecule has 0 radical (unpaired) electrons. The number of hydrogen-bond acceptors (Lipinski definition) is 3. The van der Waals surface area contributed by atoms with E-state index >= 15 is 0 Å². The molecule has 0 fully saturated rings. The van der Waals surface area contributed by atoms with Crippen LogP contribution in [0.4, 0.5) is 0 Å². The monoisotopic (exact) mass is 273 g/mol. The average molecular weight is 273 g/mol. The van der Waals surface area contributed by atoms with E-state index in [1.54, 1.807) is 0 Å². The first-order valence-electron chi connectivity index (χ1n) is 7.08. The summed E-state index contributed by atoms with van der Waals surface area (Å²) in [6.07, 6.45) is 3.93.